The van der Waals surface area contributed by atoms with E-state index in [0.717, 1.165) is 38.2 Å². The monoisotopic (exact) mass is 293 g/mol. The lowest BCUT2D eigenvalue weighted by molar-refractivity contribution is -0.126. The van der Waals surface area contributed by atoms with Crippen molar-refractivity contribution < 1.29 is 9.21 Å². The minimum absolute atomic E-state index is 0.0718. The molecule has 1 aliphatic rings. The summed E-state index contributed by atoms with van der Waals surface area (Å²) >= 11 is 0. The van der Waals surface area contributed by atoms with Crippen molar-refractivity contribution in [3.63, 3.8) is 0 Å². The molecule has 1 aromatic rings. The highest BCUT2D eigenvalue weighted by atomic mass is 16.3. The first-order chi connectivity index (χ1) is 10.2. The first kappa shape index (κ1) is 16.0. The summed E-state index contributed by atoms with van der Waals surface area (Å²) in [5.74, 6) is 0.860. The molecule has 0 bridgehead atoms. The second-order valence-electron chi connectivity index (χ2n) is 5.76. The van der Waals surface area contributed by atoms with Gasteiger partial charge in [0.25, 0.3) is 0 Å². The Morgan fingerprint density at radius 1 is 1.57 bits per heavy atom. The van der Waals surface area contributed by atoms with Crippen LogP contribution in [0.3, 0.4) is 0 Å². The van der Waals surface area contributed by atoms with Crippen LogP contribution in [0.5, 0.6) is 0 Å². The zero-order chi connectivity index (χ0) is 15.1. The summed E-state index contributed by atoms with van der Waals surface area (Å²) in [6, 6.07) is 4.13. The van der Waals surface area contributed by atoms with Gasteiger partial charge >= 0.3 is 0 Å². The van der Waals surface area contributed by atoms with Crippen LogP contribution in [0.2, 0.25) is 0 Å². The van der Waals surface area contributed by atoms with E-state index in [0.29, 0.717) is 12.6 Å². The molecular formula is C16H27N3O2. The normalized spacial score (nSPS) is 21.1. The van der Waals surface area contributed by atoms with Crippen LogP contribution < -0.4 is 10.6 Å². The lowest BCUT2D eigenvalue weighted by atomic mass is 10.0. The number of hydrogen-bond acceptors (Lipinski definition) is 4. The maximum absolute atomic E-state index is 12.2. The molecule has 1 aliphatic heterocycles. The van der Waals surface area contributed by atoms with Gasteiger partial charge in [-0.15, -0.1) is 0 Å². The average molecular weight is 293 g/mol. The molecule has 0 aromatic carbocycles. The number of carbonyl (C=O) groups excluding carboxylic acids is 1. The molecule has 2 unspecified atom stereocenters. The Bertz CT molecular complexity index is 419. The van der Waals surface area contributed by atoms with Gasteiger partial charge in [-0.1, -0.05) is 6.92 Å². The van der Waals surface area contributed by atoms with E-state index < -0.39 is 0 Å². The maximum atomic E-state index is 12.2. The van der Waals surface area contributed by atoms with E-state index in [-0.39, 0.29) is 11.9 Å². The molecule has 2 heterocycles. The van der Waals surface area contributed by atoms with E-state index in [2.05, 4.69) is 22.5 Å². The Morgan fingerprint density at radius 2 is 2.43 bits per heavy atom. The molecule has 0 radical (unpaired) electrons. The SMILES string of the molecule is CCCNC1CCCN(C(C)C(=O)NCc2ccco2)C1. The topological polar surface area (TPSA) is 57.5 Å². The molecule has 118 valence electrons. The summed E-state index contributed by atoms with van der Waals surface area (Å²) in [5.41, 5.74) is 0. The quantitative estimate of drug-likeness (QED) is 0.804. The number of nitrogens with zero attached hydrogens (tertiary/aromatic N) is 1. The Hall–Kier alpha value is -1.33. The molecule has 0 aliphatic carbocycles. The van der Waals surface area contributed by atoms with Gasteiger partial charge in [-0.25, -0.2) is 0 Å². The van der Waals surface area contributed by atoms with Gasteiger partial charge in [0, 0.05) is 12.6 Å². The predicted octanol–water partition coefficient (Wildman–Crippen LogP) is 1.75. The first-order valence-electron chi connectivity index (χ1n) is 7.98. The van der Waals surface area contributed by atoms with Crippen molar-refractivity contribution in [3.8, 4) is 0 Å². The first-order valence-corrected chi connectivity index (χ1v) is 7.98. The lowest BCUT2D eigenvalue weighted by Gasteiger charge is -2.36. The van der Waals surface area contributed by atoms with E-state index in [1.54, 1.807) is 6.26 Å². The Labute approximate surface area is 127 Å². The van der Waals surface area contributed by atoms with Crippen LogP contribution in [0.1, 0.15) is 38.9 Å². The molecular weight excluding hydrogens is 266 g/mol. The number of hydrogen-bond donors (Lipinski definition) is 2. The van der Waals surface area contributed by atoms with Gasteiger partial charge in [0.2, 0.25) is 5.91 Å². The third-order valence-electron chi connectivity index (χ3n) is 4.08. The number of nitrogens with one attached hydrogen (secondary N) is 2. The number of carbonyl (C=O) groups is 1. The summed E-state index contributed by atoms with van der Waals surface area (Å²) < 4.78 is 5.23. The average Bonchev–Trinajstić information content (AvgIpc) is 3.03. The van der Waals surface area contributed by atoms with Crippen LogP contribution in [-0.4, -0.2) is 42.5 Å². The smallest absolute Gasteiger partial charge is 0.237 e. The lowest BCUT2D eigenvalue weighted by Crippen LogP contribution is -2.53. The maximum Gasteiger partial charge on any atom is 0.237 e. The van der Waals surface area contributed by atoms with E-state index >= 15 is 0 Å². The van der Waals surface area contributed by atoms with Gasteiger partial charge in [-0.3, -0.25) is 9.69 Å². The molecule has 0 spiro atoms. The Morgan fingerprint density at radius 3 is 3.14 bits per heavy atom. The van der Waals surface area contributed by atoms with Crippen molar-refractivity contribution in [2.45, 2.75) is 51.7 Å². The third kappa shape index (κ3) is 4.86. The second kappa shape index (κ2) is 8.20. The van der Waals surface area contributed by atoms with Crippen molar-refractivity contribution in [1.29, 1.82) is 0 Å². The van der Waals surface area contributed by atoms with Crippen molar-refractivity contribution in [3.05, 3.63) is 24.2 Å². The Balaban J connectivity index is 1.77. The minimum Gasteiger partial charge on any atom is -0.467 e. The molecule has 1 saturated heterocycles. The number of piperidine rings is 1. The predicted molar refractivity (Wildman–Crippen MR) is 82.9 cm³/mol. The summed E-state index contributed by atoms with van der Waals surface area (Å²) in [6.45, 7) is 7.63. The van der Waals surface area contributed by atoms with Crippen molar-refractivity contribution >= 4 is 5.91 Å². The van der Waals surface area contributed by atoms with Crippen LogP contribution in [0.4, 0.5) is 0 Å². The van der Waals surface area contributed by atoms with Crippen LogP contribution in [-0.2, 0) is 11.3 Å². The number of rotatable bonds is 7. The zero-order valence-electron chi connectivity index (χ0n) is 13.1. The van der Waals surface area contributed by atoms with Crippen molar-refractivity contribution in [2.75, 3.05) is 19.6 Å². The molecule has 21 heavy (non-hydrogen) atoms. The zero-order valence-corrected chi connectivity index (χ0v) is 13.1. The van der Waals surface area contributed by atoms with E-state index in [9.17, 15) is 4.79 Å². The van der Waals surface area contributed by atoms with Gasteiger partial charge in [0.05, 0.1) is 18.8 Å². The van der Waals surface area contributed by atoms with E-state index in [1.807, 2.05) is 19.1 Å². The van der Waals surface area contributed by atoms with Crippen molar-refractivity contribution in [1.82, 2.24) is 15.5 Å². The number of likely N-dealkylation sites (tertiary alicyclic amines) is 1. The summed E-state index contributed by atoms with van der Waals surface area (Å²) in [7, 11) is 0. The van der Waals surface area contributed by atoms with Crippen molar-refractivity contribution in [2.24, 2.45) is 0 Å². The fraction of sp³-hybridized carbons (Fsp3) is 0.688. The molecule has 2 rings (SSSR count). The van der Waals surface area contributed by atoms with Crippen LogP contribution in [0, 0.1) is 0 Å². The van der Waals surface area contributed by atoms with E-state index in [1.165, 1.54) is 6.42 Å². The largest absolute Gasteiger partial charge is 0.467 e. The highest BCUT2D eigenvalue weighted by Gasteiger charge is 2.26. The van der Waals surface area contributed by atoms with E-state index in [4.69, 9.17) is 4.42 Å². The second-order valence-corrected chi connectivity index (χ2v) is 5.76. The molecule has 0 saturated carbocycles. The molecule has 1 fully saturated rings. The van der Waals surface area contributed by atoms with Gasteiger partial charge in [0.1, 0.15) is 5.76 Å². The van der Waals surface area contributed by atoms with Crippen LogP contribution >= 0.6 is 0 Å². The molecule has 2 atom stereocenters. The summed E-state index contributed by atoms with van der Waals surface area (Å²) in [6.07, 6.45) is 5.13. The Kier molecular flexibility index (Phi) is 6.26. The van der Waals surface area contributed by atoms with Gasteiger partial charge < -0.3 is 15.1 Å². The molecule has 2 N–H and O–H groups in total. The van der Waals surface area contributed by atoms with Gasteiger partial charge in [-0.05, 0) is 51.4 Å². The van der Waals surface area contributed by atoms with Gasteiger partial charge in [-0.2, -0.15) is 0 Å². The van der Waals surface area contributed by atoms with Crippen LogP contribution in [0.25, 0.3) is 0 Å². The molecule has 5 nitrogen and oxygen atoms in total. The third-order valence-corrected chi connectivity index (χ3v) is 4.08. The fourth-order valence-electron chi connectivity index (χ4n) is 2.77. The standard InChI is InChI=1S/C16H27N3O2/c1-3-8-17-14-6-4-9-19(12-14)13(2)16(20)18-11-15-7-5-10-21-15/h5,7,10,13-14,17H,3-4,6,8-9,11-12H2,1-2H3,(H,18,20). The summed E-state index contributed by atoms with van der Waals surface area (Å²) in [4.78, 5) is 14.5. The summed E-state index contributed by atoms with van der Waals surface area (Å²) in [5, 5.41) is 6.51. The van der Waals surface area contributed by atoms with Gasteiger partial charge in [0.15, 0.2) is 0 Å². The minimum atomic E-state index is -0.0915. The highest BCUT2D eigenvalue weighted by molar-refractivity contribution is 5.81. The number of furan rings is 1. The molecule has 5 heteroatoms. The molecule has 1 amide bonds. The number of amides is 1. The molecule has 1 aromatic heterocycles. The fourth-order valence-corrected chi connectivity index (χ4v) is 2.77. The van der Waals surface area contributed by atoms with Crippen LogP contribution in [0.15, 0.2) is 22.8 Å². The highest BCUT2D eigenvalue weighted by Crippen LogP contribution is 2.13.